The Morgan fingerprint density at radius 2 is 2.26 bits per heavy atom. The maximum absolute atomic E-state index is 4.47. The predicted molar refractivity (Wildman–Crippen MR) is 76.3 cm³/mol. The minimum absolute atomic E-state index is 0.788. The summed E-state index contributed by atoms with van der Waals surface area (Å²) in [5.41, 5.74) is 5.40. The fourth-order valence-corrected chi connectivity index (χ4v) is 2.97. The first-order valence-corrected chi connectivity index (χ1v) is 7.28. The van der Waals surface area contributed by atoms with E-state index in [1.165, 1.54) is 11.3 Å². The molecule has 2 aromatic rings. The van der Waals surface area contributed by atoms with Crippen molar-refractivity contribution in [2.75, 3.05) is 25.5 Å². The second-order valence-electron chi connectivity index (χ2n) is 4.95. The van der Waals surface area contributed by atoms with E-state index in [-0.39, 0.29) is 0 Å². The van der Waals surface area contributed by atoms with E-state index in [9.17, 15) is 0 Å². The van der Waals surface area contributed by atoms with E-state index in [0.717, 1.165) is 37.6 Å². The molecule has 0 saturated carbocycles. The molecular formula is C13H17N5S. The molecule has 0 fully saturated rings. The normalized spacial score (nSPS) is 15.3. The van der Waals surface area contributed by atoms with Gasteiger partial charge in [0.05, 0.1) is 23.4 Å². The molecule has 0 aliphatic carbocycles. The summed E-state index contributed by atoms with van der Waals surface area (Å²) in [5.74, 6) is 1.03. The van der Waals surface area contributed by atoms with Crippen LogP contribution in [0, 0.1) is 0 Å². The van der Waals surface area contributed by atoms with E-state index in [4.69, 9.17) is 0 Å². The number of fused-ring (bicyclic) bond motifs is 1. The van der Waals surface area contributed by atoms with Crippen LogP contribution in [0.15, 0.2) is 17.2 Å². The second-order valence-corrected chi connectivity index (χ2v) is 5.66. The van der Waals surface area contributed by atoms with E-state index in [0.29, 0.717) is 0 Å². The molecule has 0 unspecified atom stereocenters. The Balaban J connectivity index is 1.88. The third kappa shape index (κ3) is 2.59. The molecule has 0 aromatic carbocycles. The Kier molecular flexibility index (Phi) is 3.44. The molecule has 19 heavy (non-hydrogen) atoms. The molecule has 2 aromatic heterocycles. The molecule has 6 heteroatoms. The highest BCUT2D eigenvalue weighted by Crippen LogP contribution is 2.25. The van der Waals surface area contributed by atoms with E-state index >= 15 is 0 Å². The molecule has 0 radical (unpaired) electrons. The molecule has 3 heterocycles. The fourth-order valence-electron chi connectivity index (χ4n) is 2.42. The van der Waals surface area contributed by atoms with Crippen LogP contribution < -0.4 is 4.90 Å². The summed E-state index contributed by atoms with van der Waals surface area (Å²) in [4.78, 5) is 17.7. The topological polar surface area (TPSA) is 45.2 Å². The Bertz CT molecular complexity index is 554. The monoisotopic (exact) mass is 275 g/mol. The number of thiazole rings is 1. The van der Waals surface area contributed by atoms with Crippen LogP contribution >= 0.6 is 11.3 Å². The Labute approximate surface area is 116 Å². The zero-order valence-corrected chi connectivity index (χ0v) is 12.0. The van der Waals surface area contributed by atoms with Gasteiger partial charge in [-0.25, -0.2) is 15.0 Å². The molecule has 3 rings (SSSR count). The summed E-state index contributed by atoms with van der Waals surface area (Å²) < 4.78 is 0. The summed E-state index contributed by atoms with van der Waals surface area (Å²) in [6.45, 7) is 2.78. The van der Waals surface area contributed by atoms with Gasteiger partial charge in [-0.2, -0.15) is 0 Å². The average Bonchev–Trinajstić information content (AvgIpc) is 2.90. The highest BCUT2D eigenvalue weighted by molar-refractivity contribution is 7.07. The summed E-state index contributed by atoms with van der Waals surface area (Å²) in [6.07, 6.45) is 2.68. The van der Waals surface area contributed by atoms with Crippen LogP contribution in [0.25, 0.3) is 0 Å². The molecule has 0 saturated heterocycles. The summed E-state index contributed by atoms with van der Waals surface area (Å²) in [6, 6.07) is 0. The first kappa shape index (κ1) is 12.5. The molecule has 5 nitrogen and oxygen atoms in total. The van der Waals surface area contributed by atoms with Gasteiger partial charge in [0.25, 0.3) is 0 Å². The van der Waals surface area contributed by atoms with Crippen molar-refractivity contribution < 1.29 is 0 Å². The van der Waals surface area contributed by atoms with Gasteiger partial charge >= 0.3 is 0 Å². The summed E-state index contributed by atoms with van der Waals surface area (Å²) >= 11 is 1.63. The minimum atomic E-state index is 0.788. The number of hydrogen-bond acceptors (Lipinski definition) is 6. The molecule has 0 atom stereocenters. The maximum atomic E-state index is 4.47. The van der Waals surface area contributed by atoms with Crippen molar-refractivity contribution in [3.63, 3.8) is 0 Å². The summed E-state index contributed by atoms with van der Waals surface area (Å²) in [5, 5.41) is 2.08. The number of nitrogens with zero attached hydrogens (tertiary/aromatic N) is 5. The lowest BCUT2D eigenvalue weighted by molar-refractivity contribution is 0.309. The SMILES string of the molecule is CN1CCc2ncnc(N(C)Cc3cscn3)c2C1. The number of likely N-dealkylation sites (N-methyl/N-ethyl adjacent to an activating group) is 1. The molecule has 1 aliphatic rings. The van der Waals surface area contributed by atoms with Crippen molar-refractivity contribution in [3.8, 4) is 0 Å². The van der Waals surface area contributed by atoms with E-state index < -0.39 is 0 Å². The first-order valence-electron chi connectivity index (χ1n) is 6.33. The minimum Gasteiger partial charge on any atom is -0.353 e. The van der Waals surface area contributed by atoms with Gasteiger partial charge in [0.2, 0.25) is 0 Å². The zero-order valence-electron chi connectivity index (χ0n) is 11.2. The van der Waals surface area contributed by atoms with Gasteiger partial charge in [-0.05, 0) is 7.05 Å². The first-order chi connectivity index (χ1) is 9.24. The van der Waals surface area contributed by atoms with Crippen molar-refractivity contribution in [2.24, 2.45) is 0 Å². The standard InChI is InChI=1S/C13H17N5S/c1-17-4-3-12-11(6-17)13(15-8-14-12)18(2)5-10-7-19-9-16-10/h7-9H,3-6H2,1-2H3. The van der Waals surface area contributed by atoms with E-state index in [1.54, 1.807) is 17.7 Å². The van der Waals surface area contributed by atoms with Crippen molar-refractivity contribution >= 4 is 17.2 Å². The molecule has 0 amide bonds. The third-order valence-corrected chi connectivity index (χ3v) is 4.05. The van der Waals surface area contributed by atoms with Crippen LogP contribution in [0.1, 0.15) is 17.0 Å². The van der Waals surface area contributed by atoms with Crippen LogP contribution in [0.2, 0.25) is 0 Å². The van der Waals surface area contributed by atoms with Crippen LogP contribution in [0.3, 0.4) is 0 Å². The number of hydrogen-bond donors (Lipinski definition) is 0. The predicted octanol–water partition coefficient (Wildman–Crippen LogP) is 1.56. The van der Waals surface area contributed by atoms with Crippen molar-refractivity contribution in [1.29, 1.82) is 0 Å². The van der Waals surface area contributed by atoms with E-state index in [2.05, 4.69) is 44.2 Å². The lowest BCUT2D eigenvalue weighted by Crippen LogP contribution is -2.30. The lowest BCUT2D eigenvalue weighted by atomic mass is 10.1. The second kappa shape index (κ2) is 5.22. The third-order valence-electron chi connectivity index (χ3n) is 3.41. The highest BCUT2D eigenvalue weighted by atomic mass is 32.1. The number of rotatable bonds is 3. The molecular weight excluding hydrogens is 258 g/mol. The fraction of sp³-hybridized carbons (Fsp3) is 0.462. The molecule has 0 spiro atoms. The highest BCUT2D eigenvalue weighted by Gasteiger charge is 2.20. The number of anilines is 1. The number of aromatic nitrogens is 3. The van der Waals surface area contributed by atoms with Gasteiger partial charge in [0.15, 0.2) is 0 Å². The van der Waals surface area contributed by atoms with Crippen LogP contribution in [-0.4, -0.2) is 40.5 Å². The quantitative estimate of drug-likeness (QED) is 0.850. The Morgan fingerprint density at radius 3 is 3.05 bits per heavy atom. The van der Waals surface area contributed by atoms with Gasteiger partial charge in [-0.15, -0.1) is 11.3 Å². The van der Waals surface area contributed by atoms with Crippen molar-refractivity contribution in [1.82, 2.24) is 19.9 Å². The molecule has 0 bridgehead atoms. The van der Waals surface area contributed by atoms with Crippen molar-refractivity contribution in [2.45, 2.75) is 19.5 Å². The van der Waals surface area contributed by atoms with Crippen LogP contribution in [0.4, 0.5) is 5.82 Å². The molecule has 0 N–H and O–H groups in total. The van der Waals surface area contributed by atoms with Crippen molar-refractivity contribution in [3.05, 3.63) is 34.2 Å². The average molecular weight is 275 g/mol. The van der Waals surface area contributed by atoms with Gasteiger partial charge in [-0.3, -0.25) is 0 Å². The van der Waals surface area contributed by atoms with Gasteiger partial charge < -0.3 is 9.80 Å². The van der Waals surface area contributed by atoms with Crippen LogP contribution in [0.5, 0.6) is 0 Å². The smallest absolute Gasteiger partial charge is 0.136 e. The lowest BCUT2D eigenvalue weighted by Gasteiger charge is -2.28. The molecule has 1 aliphatic heterocycles. The Morgan fingerprint density at radius 1 is 1.37 bits per heavy atom. The Hall–Kier alpha value is -1.53. The maximum Gasteiger partial charge on any atom is 0.136 e. The van der Waals surface area contributed by atoms with Gasteiger partial charge in [-0.1, -0.05) is 0 Å². The van der Waals surface area contributed by atoms with E-state index in [1.807, 2.05) is 5.51 Å². The summed E-state index contributed by atoms with van der Waals surface area (Å²) in [7, 11) is 4.21. The van der Waals surface area contributed by atoms with Gasteiger partial charge in [0.1, 0.15) is 12.1 Å². The van der Waals surface area contributed by atoms with Gasteiger partial charge in [0, 0.05) is 37.5 Å². The van der Waals surface area contributed by atoms with Crippen LogP contribution in [-0.2, 0) is 19.5 Å². The zero-order chi connectivity index (χ0) is 13.2. The molecule has 100 valence electrons. The largest absolute Gasteiger partial charge is 0.353 e.